The lowest BCUT2D eigenvalue weighted by atomic mass is 10.1. The summed E-state index contributed by atoms with van der Waals surface area (Å²) in [5.41, 5.74) is 1.90. The normalized spacial score (nSPS) is 19.0. The molecule has 0 aliphatic carbocycles. The fraction of sp³-hybridized carbons (Fsp3) is 0.348. The van der Waals surface area contributed by atoms with Crippen molar-refractivity contribution in [1.82, 2.24) is 9.80 Å². The van der Waals surface area contributed by atoms with Crippen LogP contribution in [0.25, 0.3) is 0 Å². The summed E-state index contributed by atoms with van der Waals surface area (Å²) in [7, 11) is 0. The number of amides is 3. The van der Waals surface area contributed by atoms with Gasteiger partial charge in [-0.2, -0.15) is 0 Å². The van der Waals surface area contributed by atoms with Crippen molar-refractivity contribution < 1.29 is 28.8 Å². The predicted molar refractivity (Wildman–Crippen MR) is 110 cm³/mol. The maximum atomic E-state index is 13.1. The molecule has 5 rings (SSSR count). The van der Waals surface area contributed by atoms with Crippen LogP contribution in [0.15, 0.2) is 42.5 Å². The molecule has 1 N–H and O–H groups in total. The van der Waals surface area contributed by atoms with Gasteiger partial charge in [-0.25, -0.2) is 0 Å². The third-order valence-corrected chi connectivity index (χ3v) is 6.24. The highest BCUT2D eigenvalue weighted by atomic mass is 16.7. The van der Waals surface area contributed by atoms with Gasteiger partial charge in [0, 0.05) is 5.56 Å². The van der Waals surface area contributed by atoms with Gasteiger partial charge >= 0.3 is 0 Å². The van der Waals surface area contributed by atoms with Gasteiger partial charge in [0.1, 0.15) is 12.6 Å². The molecule has 1 fully saturated rings. The zero-order valence-corrected chi connectivity index (χ0v) is 17.3. The minimum atomic E-state index is -0.817. The molecule has 8 nitrogen and oxygen atoms in total. The maximum absolute atomic E-state index is 13.1. The Hall–Kier alpha value is -3.39. The molecule has 1 atom stereocenters. The van der Waals surface area contributed by atoms with Gasteiger partial charge in [0.05, 0.1) is 37.3 Å². The van der Waals surface area contributed by atoms with Crippen LogP contribution in [0.1, 0.15) is 33.2 Å². The van der Waals surface area contributed by atoms with E-state index in [1.54, 1.807) is 36.1 Å². The lowest BCUT2D eigenvalue weighted by Gasteiger charge is -2.35. The molecule has 0 spiro atoms. The van der Waals surface area contributed by atoms with Crippen molar-refractivity contribution in [3.63, 3.8) is 0 Å². The Labute approximate surface area is 179 Å². The van der Waals surface area contributed by atoms with Crippen molar-refractivity contribution in [2.24, 2.45) is 0 Å². The van der Waals surface area contributed by atoms with Gasteiger partial charge in [-0.15, -0.1) is 0 Å². The Balaban J connectivity index is 1.19. The minimum Gasteiger partial charge on any atom is -0.454 e. The second kappa shape index (κ2) is 7.70. The highest BCUT2D eigenvalue weighted by molar-refractivity contribution is 6.22. The molecule has 1 unspecified atom stereocenters. The highest BCUT2D eigenvalue weighted by Gasteiger charge is 2.42. The second-order valence-corrected chi connectivity index (χ2v) is 8.14. The topological polar surface area (TPSA) is 80.6 Å². The van der Waals surface area contributed by atoms with Crippen molar-refractivity contribution in [3.8, 4) is 11.5 Å². The van der Waals surface area contributed by atoms with E-state index in [2.05, 4.69) is 0 Å². The number of hydrogen-bond acceptors (Lipinski definition) is 5. The summed E-state index contributed by atoms with van der Waals surface area (Å²) in [5.74, 6) is 0.579. The molecule has 2 aromatic carbocycles. The predicted octanol–water partition coefficient (Wildman–Crippen LogP) is 0.327. The van der Waals surface area contributed by atoms with Gasteiger partial charge in [0.15, 0.2) is 11.5 Å². The van der Waals surface area contributed by atoms with E-state index in [0.29, 0.717) is 24.2 Å². The van der Waals surface area contributed by atoms with Gasteiger partial charge in [0.2, 0.25) is 12.7 Å². The van der Waals surface area contributed by atoms with Crippen LogP contribution in [0.5, 0.6) is 11.5 Å². The fourth-order valence-corrected chi connectivity index (χ4v) is 4.49. The summed E-state index contributed by atoms with van der Waals surface area (Å²) in [6.07, 6.45) is 0. The summed E-state index contributed by atoms with van der Waals surface area (Å²) >= 11 is 0. The smallest absolute Gasteiger partial charge is 0.262 e. The Morgan fingerprint density at radius 2 is 1.65 bits per heavy atom. The molecule has 0 bridgehead atoms. The van der Waals surface area contributed by atoms with Crippen molar-refractivity contribution in [3.05, 3.63) is 59.2 Å². The zero-order valence-electron chi connectivity index (χ0n) is 17.3. The SMILES string of the molecule is CC(C(=O)N1CC[NH+](Cc2ccc3c(c2)OCO3)CC1)N1C(=O)c2ccccc2C1=O. The molecule has 0 radical (unpaired) electrons. The number of nitrogens with one attached hydrogen (secondary N) is 1. The average molecular weight is 422 g/mol. The van der Waals surface area contributed by atoms with E-state index >= 15 is 0 Å². The lowest BCUT2D eigenvalue weighted by molar-refractivity contribution is -0.917. The number of quaternary nitrogens is 1. The number of benzene rings is 2. The lowest BCUT2D eigenvalue weighted by Crippen LogP contribution is -3.13. The Morgan fingerprint density at radius 3 is 2.32 bits per heavy atom. The molecule has 3 amide bonds. The number of rotatable bonds is 4. The van der Waals surface area contributed by atoms with Crippen LogP contribution in [-0.2, 0) is 11.3 Å². The number of carbonyl (C=O) groups excluding carboxylic acids is 3. The van der Waals surface area contributed by atoms with E-state index in [0.717, 1.165) is 36.0 Å². The monoisotopic (exact) mass is 422 g/mol. The Morgan fingerprint density at radius 1 is 1.00 bits per heavy atom. The zero-order chi connectivity index (χ0) is 21.5. The van der Waals surface area contributed by atoms with Crippen molar-refractivity contribution >= 4 is 17.7 Å². The van der Waals surface area contributed by atoms with E-state index in [4.69, 9.17) is 9.47 Å². The number of ether oxygens (including phenoxy) is 2. The molecular formula is C23H24N3O5+. The van der Waals surface area contributed by atoms with Gasteiger partial charge < -0.3 is 19.3 Å². The van der Waals surface area contributed by atoms with Gasteiger partial charge in [-0.05, 0) is 37.3 Å². The number of nitrogens with zero attached hydrogens (tertiary/aromatic N) is 2. The number of piperazine rings is 1. The van der Waals surface area contributed by atoms with Gasteiger partial charge in [-0.1, -0.05) is 12.1 Å². The van der Waals surface area contributed by atoms with Crippen LogP contribution in [-0.4, -0.2) is 66.5 Å². The van der Waals surface area contributed by atoms with E-state index in [-0.39, 0.29) is 12.7 Å². The first-order chi connectivity index (χ1) is 15.0. The van der Waals surface area contributed by atoms with Crippen LogP contribution >= 0.6 is 0 Å². The van der Waals surface area contributed by atoms with E-state index < -0.39 is 17.9 Å². The van der Waals surface area contributed by atoms with Crippen LogP contribution < -0.4 is 14.4 Å². The van der Waals surface area contributed by atoms with Crippen molar-refractivity contribution in [2.75, 3.05) is 33.0 Å². The van der Waals surface area contributed by atoms with Crippen molar-refractivity contribution in [1.29, 1.82) is 0 Å². The Kier molecular flexibility index (Phi) is 4.86. The molecule has 3 heterocycles. The summed E-state index contributed by atoms with van der Waals surface area (Å²) in [6, 6.07) is 11.9. The average Bonchev–Trinajstić information content (AvgIpc) is 3.36. The largest absolute Gasteiger partial charge is 0.454 e. The van der Waals surface area contributed by atoms with Crippen LogP contribution in [0.2, 0.25) is 0 Å². The number of imide groups is 1. The molecule has 2 aromatic rings. The van der Waals surface area contributed by atoms with Crippen LogP contribution in [0.4, 0.5) is 0 Å². The van der Waals surface area contributed by atoms with Crippen LogP contribution in [0, 0.1) is 0 Å². The summed E-state index contributed by atoms with van der Waals surface area (Å²) in [6.45, 7) is 5.52. The maximum Gasteiger partial charge on any atom is 0.262 e. The standard InChI is InChI=1S/C23H23N3O5/c1-15(26-22(28)17-4-2-3-5-18(17)23(26)29)21(27)25-10-8-24(9-11-25)13-16-6-7-19-20(12-16)31-14-30-19/h2-7,12,15H,8-11,13-14H2,1H3/p+1. The summed E-state index contributed by atoms with van der Waals surface area (Å²) < 4.78 is 10.8. The molecule has 8 heteroatoms. The molecular weight excluding hydrogens is 398 g/mol. The molecule has 31 heavy (non-hydrogen) atoms. The van der Waals surface area contributed by atoms with E-state index in [9.17, 15) is 14.4 Å². The van der Waals surface area contributed by atoms with Crippen LogP contribution in [0.3, 0.4) is 0 Å². The van der Waals surface area contributed by atoms with Crippen molar-refractivity contribution in [2.45, 2.75) is 19.5 Å². The first kappa shape index (κ1) is 19.6. The summed E-state index contributed by atoms with van der Waals surface area (Å²) in [4.78, 5) is 42.7. The van der Waals surface area contributed by atoms with Gasteiger partial charge in [-0.3, -0.25) is 19.3 Å². The molecule has 3 aliphatic heterocycles. The quantitative estimate of drug-likeness (QED) is 0.719. The van der Waals surface area contributed by atoms with E-state index in [1.165, 1.54) is 10.5 Å². The summed E-state index contributed by atoms with van der Waals surface area (Å²) in [5, 5.41) is 0. The highest BCUT2D eigenvalue weighted by Crippen LogP contribution is 2.32. The number of carbonyl (C=O) groups is 3. The fourth-order valence-electron chi connectivity index (χ4n) is 4.49. The molecule has 1 saturated heterocycles. The number of fused-ring (bicyclic) bond motifs is 2. The second-order valence-electron chi connectivity index (χ2n) is 8.14. The third-order valence-electron chi connectivity index (χ3n) is 6.24. The molecule has 0 aromatic heterocycles. The molecule has 0 saturated carbocycles. The third kappa shape index (κ3) is 3.42. The van der Waals surface area contributed by atoms with Gasteiger partial charge in [0.25, 0.3) is 11.8 Å². The Bertz CT molecular complexity index is 1030. The number of hydrogen-bond donors (Lipinski definition) is 1. The first-order valence-electron chi connectivity index (χ1n) is 10.5. The minimum absolute atomic E-state index is 0.184. The van der Waals surface area contributed by atoms with E-state index in [1.807, 2.05) is 18.2 Å². The molecule has 160 valence electrons. The first-order valence-corrected chi connectivity index (χ1v) is 10.5. The molecule has 3 aliphatic rings.